The number of oxime groups is 1. The average Bonchev–Trinajstić information content (AvgIpc) is 3.13. The molecule has 3 aromatic rings. The molecule has 1 aromatic heterocycles. The zero-order valence-electron chi connectivity index (χ0n) is 15.3. The van der Waals surface area contributed by atoms with Gasteiger partial charge in [0.15, 0.2) is 12.4 Å². The van der Waals surface area contributed by atoms with Crippen molar-refractivity contribution in [2.45, 2.75) is 32.2 Å². The Bertz CT molecular complexity index is 957. The van der Waals surface area contributed by atoms with Gasteiger partial charge in [-0.2, -0.15) is 0 Å². The first-order valence-corrected chi connectivity index (χ1v) is 9.23. The second-order valence-electron chi connectivity index (χ2n) is 6.81. The number of fused-ring (bicyclic) bond motifs is 2. The van der Waals surface area contributed by atoms with E-state index in [1.807, 2.05) is 42.5 Å². The van der Waals surface area contributed by atoms with Crippen LogP contribution >= 0.6 is 0 Å². The number of carbonyl (C=O) groups excluding carboxylic acids is 1. The third-order valence-electron chi connectivity index (χ3n) is 4.88. The van der Waals surface area contributed by atoms with Gasteiger partial charge in [0.2, 0.25) is 0 Å². The van der Waals surface area contributed by atoms with Crippen LogP contribution in [0.4, 0.5) is 0 Å². The van der Waals surface area contributed by atoms with Crippen LogP contribution in [0.1, 0.15) is 42.7 Å². The average molecular weight is 362 g/mol. The van der Waals surface area contributed by atoms with Gasteiger partial charge < -0.3 is 14.6 Å². The van der Waals surface area contributed by atoms with E-state index >= 15 is 0 Å². The molecule has 0 bridgehead atoms. The molecule has 2 aromatic carbocycles. The number of nitrogens with zero attached hydrogens (tertiary/aromatic N) is 1. The largest absolute Gasteiger partial charge is 0.455 e. The Hall–Kier alpha value is -3.08. The molecule has 1 aliphatic carbocycles. The highest BCUT2D eigenvalue weighted by Crippen LogP contribution is 2.29. The fourth-order valence-electron chi connectivity index (χ4n) is 3.53. The van der Waals surface area contributed by atoms with Crippen LogP contribution < -0.4 is 5.32 Å². The molecule has 138 valence electrons. The summed E-state index contributed by atoms with van der Waals surface area (Å²) in [5.74, 6) is 0.468. The van der Waals surface area contributed by atoms with Crippen LogP contribution in [0.2, 0.25) is 0 Å². The Morgan fingerprint density at radius 3 is 2.93 bits per heavy atom. The summed E-state index contributed by atoms with van der Waals surface area (Å²) in [6.07, 6.45) is 3.09. The summed E-state index contributed by atoms with van der Waals surface area (Å²) >= 11 is 0. The minimum absolute atomic E-state index is 0.0477. The SMILES string of the molecule is C/C(=N\OCC(=O)NC1CCCc2ccccc21)c1cc2ccccc2o1. The van der Waals surface area contributed by atoms with Crippen molar-refractivity contribution in [2.75, 3.05) is 6.61 Å². The molecule has 0 radical (unpaired) electrons. The first-order valence-electron chi connectivity index (χ1n) is 9.23. The minimum atomic E-state index is -0.169. The van der Waals surface area contributed by atoms with E-state index in [9.17, 15) is 4.79 Å². The summed E-state index contributed by atoms with van der Waals surface area (Å²) in [5.41, 5.74) is 3.92. The van der Waals surface area contributed by atoms with Crippen molar-refractivity contribution >= 4 is 22.6 Å². The van der Waals surface area contributed by atoms with Crippen molar-refractivity contribution in [3.8, 4) is 0 Å². The molecule has 0 aliphatic heterocycles. The van der Waals surface area contributed by atoms with Gasteiger partial charge in [0.1, 0.15) is 11.3 Å². The second-order valence-corrected chi connectivity index (χ2v) is 6.81. The highest BCUT2D eigenvalue weighted by Gasteiger charge is 2.21. The third-order valence-corrected chi connectivity index (χ3v) is 4.88. The summed E-state index contributed by atoms with van der Waals surface area (Å²) < 4.78 is 5.74. The van der Waals surface area contributed by atoms with Crippen LogP contribution in [0, 0.1) is 0 Å². The van der Waals surface area contributed by atoms with E-state index in [-0.39, 0.29) is 18.6 Å². The number of rotatable bonds is 5. The highest BCUT2D eigenvalue weighted by atomic mass is 16.6. The number of benzene rings is 2. The maximum atomic E-state index is 12.3. The van der Waals surface area contributed by atoms with Gasteiger partial charge in [-0.05, 0) is 49.4 Å². The van der Waals surface area contributed by atoms with E-state index < -0.39 is 0 Å². The van der Waals surface area contributed by atoms with Crippen LogP contribution in [0.15, 0.2) is 64.2 Å². The van der Waals surface area contributed by atoms with E-state index in [4.69, 9.17) is 9.25 Å². The second kappa shape index (κ2) is 7.66. The molecule has 1 unspecified atom stereocenters. The summed E-state index contributed by atoms with van der Waals surface area (Å²) in [5, 5.41) is 8.09. The molecule has 27 heavy (non-hydrogen) atoms. The van der Waals surface area contributed by atoms with Crippen molar-refractivity contribution in [2.24, 2.45) is 5.16 Å². The molecule has 1 N–H and O–H groups in total. The van der Waals surface area contributed by atoms with Crippen molar-refractivity contribution in [3.63, 3.8) is 0 Å². The van der Waals surface area contributed by atoms with E-state index in [1.165, 1.54) is 11.1 Å². The fourth-order valence-corrected chi connectivity index (χ4v) is 3.53. The topological polar surface area (TPSA) is 63.8 Å². The maximum absolute atomic E-state index is 12.3. The van der Waals surface area contributed by atoms with E-state index in [2.05, 4.69) is 22.6 Å². The first-order chi connectivity index (χ1) is 13.2. The summed E-state index contributed by atoms with van der Waals surface area (Å²) in [6, 6.07) is 18.0. The summed E-state index contributed by atoms with van der Waals surface area (Å²) in [4.78, 5) is 17.5. The summed E-state index contributed by atoms with van der Waals surface area (Å²) in [7, 11) is 0. The molecule has 5 heteroatoms. The predicted molar refractivity (Wildman–Crippen MR) is 105 cm³/mol. The number of amides is 1. The van der Waals surface area contributed by atoms with Crippen LogP contribution in [0.25, 0.3) is 11.0 Å². The molecule has 1 amide bonds. The molecular formula is C22H22N2O3. The van der Waals surface area contributed by atoms with Gasteiger partial charge in [0.25, 0.3) is 5.91 Å². The number of aryl methyl sites for hydroxylation is 1. The molecule has 4 rings (SSSR count). The lowest BCUT2D eigenvalue weighted by atomic mass is 9.88. The van der Waals surface area contributed by atoms with Crippen LogP contribution in [0.3, 0.4) is 0 Å². The van der Waals surface area contributed by atoms with Crippen molar-refractivity contribution in [1.29, 1.82) is 0 Å². The van der Waals surface area contributed by atoms with Gasteiger partial charge in [-0.15, -0.1) is 0 Å². The third kappa shape index (κ3) is 3.87. The number of nitrogens with one attached hydrogen (secondary N) is 1. The van der Waals surface area contributed by atoms with Crippen molar-refractivity contribution in [3.05, 3.63) is 71.5 Å². The van der Waals surface area contributed by atoms with Gasteiger partial charge in [-0.25, -0.2) is 0 Å². The molecule has 1 atom stereocenters. The Balaban J connectivity index is 1.35. The Morgan fingerprint density at radius 1 is 1.22 bits per heavy atom. The molecule has 0 fully saturated rings. The number of hydrogen-bond acceptors (Lipinski definition) is 4. The molecule has 0 spiro atoms. The number of furan rings is 1. The smallest absolute Gasteiger partial charge is 0.261 e. The molecule has 1 aliphatic rings. The molecular weight excluding hydrogens is 340 g/mol. The molecule has 0 saturated heterocycles. The van der Waals surface area contributed by atoms with E-state index in [1.54, 1.807) is 6.92 Å². The Kier molecular flexibility index (Phi) is 4.92. The monoisotopic (exact) mass is 362 g/mol. The van der Waals surface area contributed by atoms with Crippen LogP contribution in [-0.2, 0) is 16.1 Å². The van der Waals surface area contributed by atoms with Crippen LogP contribution in [0.5, 0.6) is 0 Å². The van der Waals surface area contributed by atoms with Gasteiger partial charge in [0.05, 0.1) is 6.04 Å². The normalized spacial score (nSPS) is 16.8. The number of carbonyl (C=O) groups is 1. The minimum Gasteiger partial charge on any atom is -0.455 e. The van der Waals surface area contributed by atoms with Crippen molar-refractivity contribution in [1.82, 2.24) is 5.32 Å². The zero-order valence-corrected chi connectivity index (χ0v) is 15.3. The van der Waals surface area contributed by atoms with Crippen molar-refractivity contribution < 1.29 is 14.0 Å². The lowest BCUT2D eigenvalue weighted by Gasteiger charge is -2.26. The van der Waals surface area contributed by atoms with Gasteiger partial charge in [0, 0.05) is 5.39 Å². The Morgan fingerprint density at radius 2 is 2.04 bits per heavy atom. The number of hydrogen-bond donors (Lipinski definition) is 1. The standard InChI is InChI=1S/C22H22N2O3/c1-15(21-13-17-8-3-5-12-20(17)27-21)24-26-14-22(25)23-19-11-6-9-16-7-2-4-10-18(16)19/h2-5,7-8,10,12-13,19H,6,9,11,14H2,1H3,(H,23,25)/b24-15+. The molecule has 0 saturated carbocycles. The number of para-hydroxylation sites is 1. The van der Waals surface area contributed by atoms with Gasteiger partial charge in [-0.3, -0.25) is 4.79 Å². The lowest BCUT2D eigenvalue weighted by molar-refractivity contribution is -0.126. The van der Waals surface area contributed by atoms with Gasteiger partial charge in [-0.1, -0.05) is 47.6 Å². The van der Waals surface area contributed by atoms with Gasteiger partial charge >= 0.3 is 0 Å². The Labute approximate surface area is 158 Å². The van der Waals surface area contributed by atoms with E-state index in [0.29, 0.717) is 11.5 Å². The maximum Gasteiger partial charge on any atom is 0.261 e. The molecule has 1 heterocycles. The first kappa shape index (κ1) is 17.3. The zero-order chi connectivity index (χ0) is 18.6. The summed E-state index contributed by atoms with van der Waals surface area (Å²) in [6.45, 7) is 1.68. The van der Waals surface area contributed by atoms with E-state index in [0.717, 1.165) is 30.2 Å². The van der Waals surface area contributed by atoms with Crippen LogP contribution in [-0.4, -0.2) is 18.2 Å². The quantitative estimate of drug-likeness (QED) is 0.541. The fraction of sp³-hybridized carbons (Fsp3) is 0.273. The molecule has 5 nitrogen and oxygen atoms in total. The predicted octanol–water partition coefficient (Wildman–Crippen LogP) is 4.37. The lowest BCUT2D eigenvalue weighted by Crippen LogP contribution is -2.33. The highest BCUT2D eigenvalue weighted by molar-refractivity contribution is 5.99.